The van der Waals surface area contributed by atoms with Gasteiger partial charge in [-0.15, -0.1) is 22.7 Å². The van der Waals surface area contributed by atoms with Gasteiger partial charge in [0.2, 0.25) is 0 Å². The molecular weight excluding hydrogens is 422 g/mol. The lowest BCUT2D eigenvalue weighted by Crippen LogP contribution is -2.30. The number of amides is 1. The Morgan fingerprint density at radius 1 is 0.967 bits per heavy atom. The van der Waals surface area contributed by atoms with Crippen LogP contribution >= 0.6 is 22.7 Å². The van der Waals surface area contributed by atoms with E-state index in [1.54, 1.807) is 6.92 Å². The Morgan fingerprint density at radius 2 is 1.67 bits per heavy atom. The minimum atomic E-state index is -0.971. The van der Waals surface area contributed by atoms with E-state index in [9.17, 15) is 14.4 Å². The molecule has 2 aromatic rings. The van der Waals surface area contributed by atoms with Gasteiger partial charge in [0.1, 0.15) is 9.88 Å². The monoisotopic (exact) mass is 447 g/mol. The van der Waals surface area contributed by atoms with E-state index in [2.05, 4.69) is 5.32 Å². The van der Waals surface area contributed by atoms with Crippen molar-refractivity contribution in [3.05, 3.63) is 37.4 Å². The van der Waals surface area contributed by atoms with Gasteiger partial charge in [-0.2, -0.15) is 0 Å². The number of methoxy groups -OCH3 is 1. The first-order valence-corrected chi connectivity index (χ1v) is 12.0. The smallest absolute Gasteiger partial charge is 0.349 e. The summed E-state index contributed by atoms with van der Waals surface area (Å²) in [6.45, 7) is 1.55. The van der Waals surface area contributed by atoms with Crippen LogP contribution < -0.4 is 5.32 Å². The number of nitrogens with one attached hydrogen (secondary N) is 1. The predicted octanol–water partition coefficient (Wildman–Crippen LogP) is 4.54. The van der Waals surface area contributed by atoms with E-state index in [4.69, 9.17) is 9.47 Å². The van der Waals surface area contributed by atoms with Crippen LogP contribution in [-0.4, -0.2) is 31.1 Å². The first-order chi connectivity index (χ1) is 14.5. The molecule has 2 heterocycles. The summed E-state index contributed by atoms with van der Waals surface area (Å²) in [6, 6.07) is 1.90. The quantitative estimate of drug-likeness (QED) is 0.681. The van der Waals surface area contributed by atoms with Gasteiger partial charge in [0, 0.05) is 9.75 Å². The van der Waals surface area contributed by atoms with Gasteiger partial charge in [0.05, 0.1) is 12.7 Å². The minimum absolute atomic E-state index is 0.440. The highest BCUT2D eigenvalue weighted by Crippen LogP contribution is 2.38. The molecule has 0 spiro atoms. The lowest BCUT2D eigenvalue weighted by atomic mass is 9.95. The van der Waals surface area contributed by atoms with Crippen molar-refractivity contribution in [2.24, 2.45) is 0 Å². The van der Waals surface area contributed by atoms with E-state index in [0.29, 0.717) is 15.4 Å². The molecule has 0 fully saturated rings. The molecule has 0 saturated carbocycles. The fourth-order valence-corrected chi connectivity index (χ4v) is 6.47. The molecule has 2 aliphatic carbocycles. The molecule has 0 bridgehead atoms. The molecule has 0 aliphatic heterocycles. The van der Waals surface area contributed by atoms with Crippen molar-refractivity contribution in [3.63, 3.8) is 0 Å². The standard InChI is InChI=1S/C22H25NO5S2/c1-12(28-21(25)17-11-13-7-3-5-9-15(13)29-17)19(24)23-20-18(22(26)27-2)14-8-4-6-10-16(14)30-20/h11-12H,3-10H2,1-2H3,(H,23,24). The number of carbonyl (C=O) groups excluding carboxylic acids is 3. The van der Waals surface area contributed by atoms with E-state index in [0.717, 1.165) is 61.8 Å². The van der Waals surface area contributed by atoms with Gasteiger partial charge in [-0.25, -0.2) is 9.59 Å². The lowest BCUT2D eigenvalue weighted by molar-refractivity contribution is -0.123. The van der Waals surface area contributed by atoms with Gasteiger partial charge >= 0.3 is 11.9 Å². The Balaban J connectivity index is 1.46. The maximum Gasteiger partial charge on any atom is 0.349 e. The maximum absolute atomic E-state index is 12.7. The second kappa shape index (κ2) is 8.89. The van der Waals surface area contributed by atoms with Crippen LogP contribution in [0.25, 0.3) is 0 Å². The highest BCUT2D eigenvalue weighted by atomic mass is 32.1. The molecular formula is C22H25NO5S2. The summed E-state index contributed by atoms with van der Waals surface area (Å²) in [6.07, 6.45) is 7.10. The Hall–Kier alpha value is -2.19. The second-order valence-corrected chi connectivity index (χ2v) is 9.95. The Morgan fingerprint density at radius 3 is 2.40 bits per heavy atom. The van der Waals surface area contributed by atoms with Crippen LogP contribution in [0.15, 0.2) is 6.07 Å². The number of esters is 2. The van der Waals surface area contributed by atoms with Gasteiger partial charge in [-0.1, -0.05) is 0 Å². The summed E-state index contributed by atoms with van der Waals surface area (Å²) in [4.78, 5) is 40.5. The molecule has 1 N–H and O–H groups in total. The van der Waals surface area contributed by atoms with Gasteiger partial charge in [-0.3, -0.25) is 4.79 Å². The number of hydrogen-bond acceptors (Lipinski definition) is 7. The van der Waals surface area contributed by atoms with E-state index in [1.807, 2.05) is 6.07 Å². The third kappa shape index (κ3) is 4.16. The molecule has 0 radical (unpaired) electrons. The van der Waals surface area contributed by atoms with Crippen LogP contribution in [0.4, 0.5) is 5.00 Å². The zero-order chi connectivity index (χ0) is 21.3. The van der Waals surface area contributed by atoms with Crippen LogP contribution in [0.2, 0.25) is 0 Å². The molecule has 6 nitrogen and oxygen atoms in total. The number of fused-ring (bicyclic) bond motifs is 2. The van der Waals surface area contributed by atoms with Gasteiger partial charge in [0.15, 0.2) is 6.10 Å². The van der Waals surface area contributed by atoms with E-state index >= 15 is 0 Å². The number of ether oxygens (including phenoxy) is 2. The predicted molar refractivity (Wildman–Crippen MR) is 117 cm³/mol. The summed E-state index contributed by atoms with van der Waals surface area (Å²) in [5.41, 5.74) is 2.64. The maximum atomic E-state index is 12.7. The van der Waals surface area contributed by atoms with Crippen molar-refractivity contribution in [1.29, 1.82) is 0 Å². The molecule has 1 atom stereocenters. The summed E-state index contributed by atoms with van der Waals surface area (Å²) in [7, 11) is 1.34. The van der Waals surface area contributed by atoms with Crippen LogP contribution in [0, 0.1) is 0 Å². The fourth-order valence-electron chi connectivity index (χ4n) is 4.05. The molecule has 0 aromatic carbocycles. The Bertz CT molecular complexity index is 967. The average Bonchev–Trinajstić information content (AvgIpc) is 3.34. The van der Waals surface area contributed by atoms with Gasteiger partial charge in [-0.05, 0) is 75.5 Å². The molecule has 1 amide bonds. The fraction of sp³-hybridized carbons (Fsp3) is 0.500. The van der Waals surface area contributed by atoms with Crippen molar-refractivity contribution in [1.82, 2.24) is 0 Å². The molecule has 0 saturated heterocycles. The molecule has 8 heteroatoms. The number of rotatable bonds is 5. The highest BCUT2D eigenvalue weighted by molar-refractivity contribution is 7.17. The number of carbonyl (C=O) groups is 3. The molecule has 30 heavy (non-hydrogen) atoms. The first kappa shape index (κ1) is 21.1. The Kier molecular flexibility index (Phi) is 6.24. The van der Waals surface area contributed by atoms with E-state index in [1.165, 1.54) is 40.2 Å². The molecule has 2 aromatic heterocycles. The van der Waals surface area contributed by atoms with Crippen molar-refractivity contribution in [2.45, 2.75) is 64.4 Å². The third-order valence-electron chi connectivity index (χ3n) is 5.65. The van der Waals surface area contributed by atoms with Crippen molar-refractivity contribution in [2.75, 3.05) is 12.4 Å². The first-order valence-electron chi connectivity index (χ1n) is 10.3. The van der Waals surface area contributed by atoms with Crippen molar-refractivity contribution < 1.29 is 23.9 Å². The molecule has 4 rings (SSSR count). The van der Waals surface area contributed by atoms with E-state index < -0.39 is 23.9 Å². The normalized spacial score (nSPS) is 16.2. The van der Waals surface area contributed by atoms with Crippen LogP contribution in [0.3, 0.4) is 0 Å². The summed E-state index contributed by atoms with van der Waals surface area (Å²) < 4.78 is 10.4. The van der Waals surface area contributed by atoms with Gasteiger partial charge < -0.3 is 14.8 Å². The zero-order valence-electron chi connectivity index (χ0n) is 17.2. The number of anilines is 1. The summed E-state index contributed by atoms with van der Waals surface area (Å²) in [5.74, 6) is -1.37. The van der Waals surface area contributed by atoms with Crippen LogP contribution in [0.5, 0.6) is 0 Å². The van der Waals surface area contributed by atoms with Crippen molar-refractivity contribution in [3.8, 4) is 0 Å². The SMILES string of the molecule is COC(=O)c1c(NC(=O)C(C)OC(=O)c2cc3c(s2)CCCC3)sc2c1CCCC2. The number of aryl methyl sites for hydroxylation is 3. The van der Waals surface area contributed by atoms with E-state index in [-0.39, 0.29) is 0 Å². The second-order valence-electron chi connectivity index (χ2n) is 7.71. The average molecular weight is 448 g/mol. The van der Waals surface area contributed by atoms with Gasteiger partial charge in [0.25, 0.3) is 5.91 Å². The molecule has 160 valence electrons. The number of thiophene rings is 2. The highest BCUT2D eigenvalue weighted by Gasteiger charge is 2.29. The summed E-state index contributed by atoms with van der Waals surface area (Å²) in [5, 5.41) is 3.27. The number of hydrogen-bond donors (Lipinski definition) is 1. The largest absolute Gasteiger partial charge is 0.465 e. The zero-order valence-corrected chi connectivity index (χ0v) is 18.8. The van der Waals surface area contributed by atoms with Crippen molar-refractivity contribution >= 4 is 45.5 Å². The minimum Gasteiger partial charge on any atom is -0.465 e. The topological polar surface area (TPSA) is 81.7 Å². The van der Waals surface area contributed by atoms with Crippen LogP contribution in [0.1, 0.15) is 73.5 Å². The lowest BCUT2D eigenvalue weighted by Gasteiger charge is -2.13. The molecule has 1 unspecified atom stereocenters. The molecule has 2 aliphatic rings. The Labute approximate surface area is 183 Å². The summed E-state index contributed by atoms with van der Waals surface area (Å²) >= 11 is 2.88. The third-order valence-corrected chi connectivity index (χ3v) is 8.07. The van der Waals surface area contributed by atoms with Crippen LogP contribution in [-0.2, 0) is 40.0 Å².